The van der Waals surface area contributed by atoms with Crippen molar-refractivity contribution < 1.29 is 28.5 Å². The molecule has 0 fully saturated rings. The van der Waals surface area contributed by atoms with Crippen LogP contribution in [0.1, 0.15) is 295 Å². The summed E-state index contributed by atoms with van der Waals surface area (Å²) in [6.45, 7) is 16.9. The Balaban J connectivity index is 1.64. The second kappa shape index (κ2) is 48.3. The molecular formula is C74H118N6O6. The summed E-state index contributed by atoms with van der Waals surface area (Å²) in [6.07, 6.45) is 52.4. The van der Waals surface area contributed by atoms with Gasteiger partial charge in [0.15, 0.2) is 17.3 Å². The number of nitrogens with one attached hydrogen (secondary N) is 2. The van der Waals surface area contributed by atoms with Gasteiger partial charge in [0.05, 0.1) is 38.6 Å². The van der Waals surface area contributed by atoms with E-state index in [9.17, 15) is 4.79 Å². The number of hydrogen-bond donors (Lipinski definition) is 3. The van der Waals surface area contributed by atoms with E-state index in [1.165, 1.54) is 154 Å². The number of unbranched alkanes of at least 4 members (excludes halogenated alkanes) is 30. The topological polar surface area (TPSA) is 152 Å². The van der Waals surface area contributed by atoms with Crippen LogP contribution in [0.15, 0.2) is 48.5 Å². The van der Waals surface area contributed by atoms with Gasteiger partial charge in [-0.25, -0.2) is 4.79 Å². The van der Waals surface area contributed by atoms with Crippen molar-refractivity contribution >= 4 is 42.2 Å². The number of nitrogens with zero attached hydrogens (tertiary/aromatic N) is 3. The van der Waals surface area contributed by atoms with Crippen molar-refractivity contribution in [2.75, 3.05) is 50.6 Å². The molecule has 0 aliphatic heterocycles. The molecule has 0 spiro atoms. The fraction of sp³-hybridized carbons (Fsp3) is 0.649. The van der Waals surface area contributed by atoms with Crippen LogP contribution in [0, 0.1) is 0 Å². The van der Waals surface area contributed by atoms with Crippen LogP contribution in [0.25, 0.3) is 35.7 Å². The molecule has 0 saturated carbocycles. The van der Waals surface area contributed by atoms with E-state index >= 15 is 0 Å². The number of rotatable bonds is 53. The molecule has 0 saturated heterocycles. The normalized spacial score (nSPS) is 11.5. The highest BCUT2D eigenvalue weighted by atomic mass is 16.5. The molecule has 1 heterocycles. The molecule has 0 bridgehead atoms. The van der Waals surface area contributed by atoms with Crippen molar-refractivity contribution in [2.24, 2.45) is 0 Å². The van der Waals surface area contributed by atoms with Gasteiger partial charge in [0, 0.05) is 12.1 Å². The highest BCUT2D eigenvalue weighted by Gasteiger charge is 2.18. The Labute approximate surface area is 522 Å². The van der Waals surface area contributed by atoms with E-state index < -0.39 is 0 Å². The SMILES string of the molecule is CCCCCCCCCCCCOc1cc(/C=C/c2c(OCCCC)cc(/C=C/c3ccc(-c4nc(N)nc(NC(=O)NCCCC)n4)cc3)cc2OCCCC)cc(OCCCCCCCCCCCC)c1OCCCCCCCCCCCC. The first-order valence-corrected chi connectivity index (χ1v) is 34.8. The summed E-state index contributed by atoms with van der Waals surface area (Å²) < 4.78 is 33.7. The van der Waals surface area contributed by atoms with E-state index in [1.807, 2.05) is 24.3 Å². The van der Waals surface area contributed by atoms with Crippen molar-refractivity contribution in [3.63, 3.8) is 0 Å². The molecule has 0 aliphatic rings. The van der Waals surface area contributed by atoms with Gasteiger partial charge in [0.1, 0.15) is 11.5 Å². The number of aromatic nitrogens is 3. The number of anilines is 2. The van der Waals surface area contributed by atoms with Crippen LogP contribution < -0.4 is 40.1 Å². The quantitative estimate of drug-likeness (QED) is 0.0288. The van der Waals surface area contributed by atoms with Crippen LogP contribution in [0.2, 0.25) is 0 Å². The molecule has 3 aromatic carbocycles. The first-order valence-electron chi connectivity index (χ1n) is 34.8. The summed E-state index contributed by atoms with van der Waals surface area (Å²) in [6, 6.07) is 16.0. The van der Waals surface area contributed by atoms with Crippen molar-refractivity contribution in [3.8, 4) is 40.1 Å². The van der Waals surface area contributed by atoms with Crippen LogP contribution in [0.5, 0.6) is 28.7 Å². The third-order valence-electron chi connectivity index (χ3n) is 15.7. The third kappa shape index (κ3) is 32.3. The lowest BCUT2D eigenvalue weighted by atomic mass is 10.0. The van der Waals surface area contributed by atoms with E-state index in [-0.39, 0.29) is 17.9 Å². The average molecular weight is 1190 g/mol. The molecule has 2 amide bonds. The van der Waals surface area contributed by atoms with Gasteiger partial charge in [-0.2, -0.15) is 15.0 Å². The summed E-state index contributed by atoms with van der Waals surface area (Å²) in [5, 5.41) is 5.50. The molecule has 0 aliphatic carbocycles. The first kappa shape index (κ1) is 72.7. The lowest BCUT2D eigenvalue weighted by Gasteiger charge is -2.19. The van der Waals surface area contributed by atoms with E-state index in [1.54, 1.807) is 0 Å². The van der Waals surface area contributed by atoms with Gasteiger partial charge in [0.25, 0.3) is 0 Å². The number of hydrogen-bond acceptors (Lipinski definition) is 10. The number of ether oxygens (including phenoxy) is 5. The van der Waals surface area contributed by atoms with Gasteiger partial charge < -0.3 is 34.7 Å². The minimum absolute atomic E-state index is 0.0229. The Morgan fingerprint density at radius 1 is 0.395 bits per heavy atom. The maximum Gasteiger partial charge on any atom is 0.321 e. The summed E-state index contributed by atoms with van der Waals surface area (Å²) in [5.41, 5.74) is 10.6. The molecular weight excluding hydrogens is 1070 g/mol. The fourth-order valence-corrected chi connectivity index (χ4v) is 10.3. The zero-order valence-corrected chi connectivity index (χ0v) is 55.0. The first-order chi connectivity index (χ1) is 42.3. The molecule has 0 radical (unpaired) electrons. The maximum atomic E-state index is 12.4. The van der Waals surface area contributed by atoms with Crippen LogP contribution in [0.3, 0.4) is 0 Å². The molecule has 4 rings (SSSR count). The largest absolute Gasteiger partial charge is 0.493 e. The Bertz CT molecular complexity index is 2350. The molecule has 4 N–H and O–H groups in total. The summed E-state index contributed by atoms with van der Waals surface area (Å²) in [4.78, 5) is 25.4. The average Bonchev–Trinajstić information content (AvgIpc) is 1.57. The van der Waals surface area contributed by atoms with Crippen LogP contribution in [-0.2, 0) is 0 Å². The second-order valence-corrected chi connectivity index (χ2v) is 23.6. The number of nitrogen functional groups attached to an aromatic ring is 1. The number of urea groups is 1. The van der Waals surface area contributed by atoms with Crippen LogP contribution >= 0.6 is 0 Å². The Kier molecular flexibility index (Phi) is 40.8. The molecule has 86 heavy (non-hydrogen) atoms. The van der Waals surface area contributed by atoms with Gasteiger partial charge in [-0.1, -0.05) is 277 Å². The van der Waals surface area contributed by atoms with Crippen LogP contribution in [-0.4, -0.2) is 60.6 Å². The van der Waals surface area contributed by atoms with Gasteiger partial charge in [-0.15, -0.1) is 0 Å². The Hall–Kier alpha value is -5.78. The van der Waals surface area contributed by atoms with E-state index in [2.05, 4.69) is 116 Å². The molecule has 12 heteroatoms. The molecule has 1 aromatic heterocycles. The molecule has 4 aromatic rings. The summed E-state index contributed by atoms with van der Waals surface area (Å²) >= 11 is 0. The Morgan fingerprint density at radius 2 is 0.756 bits per heavy atom. The minimum Gasteiger partial charge on any atom is -0.493 e. The van der Waals surface area contributed by atoms with Gasteiger partial charge in [-0.05, 0) is 85.6 Å². The molecule has 480 valence electrons. The standard InChI is InChI=1S/C74H118N6O6/c1-7-13-19-22-25-28-31-34-37-40-54-84-68-59-63(60-69(85-55-41-38-35-32-29-26-23-20-14-8-2)70(68)86-56-42-39-36-33-30-27-24-21-15-9-3)47-50-65-66(82-52-17-11-5)57-62(58-67(65)83-53-18-12-6)44-43-61-45-48-64(49-46-61)71-77-72(75)79-73(78-71)80-74(81)76-51-16-10-4/h43-50,57-60H,7-42,51-56H2,1-6H3,(H4,75,76,77,78,79,80,81)/b44-43+,50-47+. The van der Waals surface area contributed by atoms with Crippen molar-refractivity contribution in [2.45, 2.75) is 273 Å². The monoisotopic (exact) mass is 1190 g/mol. The number of carbonyl (C=O) groups excluding carboxylic acids is 1. The smallest absolute Gasteiger partial charge is 0.321 e. The number of amides is 2. The zero-order valence-electron chi connectivity index (χ0n) is 55.0. The molecule has 0 unspecified atom stereocenters. The number of benzene rings is 3. The Morgan fingerprint density at radius 3 is 1.20 bits per heavy atom. The van der Waals surface area contributed by atoms with Crippen molar-refractivity contribution in [1.29, 1.82) is 0 Å². The van der Waals surface area contributed by atoms with Gasteiger partial charge in [-0.3, -0.25) is 5.32 Å². The lowest BCUT2D eigenvalue weighted by molar-refractivity contribution is 0.234. The molecule has 0 atom stereocenters. The number of nitrogens with two attached hydrogens (primary N) is 1. The summed E-state index contributed by atoms with van der Waals surface area (Å²) in [5.74, 6) is 4.25. The fourth-order valence-electron chi connectivity index (χ4n) is 10.3. The predicted molar refractivity (Wildman–Crippen MR) is 365 cm³/mol. The van der Waals surface area contributed by atoms with E-state index in [4.69, 9.17) is 29.4 Å². The van der Waals surface area contributed by atoms with Crippen molar-refractivity contribution in [1.82, 2.24) is 20.3 Å². The van der Waals surface area contributed by atoms with E-state index in [0.29, 0.717) is 45.4 Å². The van der Waals surface area contributed by atoms with Crippen molar-refractivity contribution in [3.05, 3.63) is 70.8 Å². The van der Waals surface area contributed by atoms with E-state index in [0.717, 1.165) is 134 Å². The zero-order chi connectivity index (χ0) is 61.3. The van der Waals surface area contributed by atoms with Gasteiger partial charge in [0.2, 0.25) is 17.6 Å². The second-order valence-electron chi connectivity index (χ2n) is 23.6. The highest BCUT2D eigenvalue weighted by molar-refractivity contribution is 5.87. The van der Waals surface area contributed by atoms with Crippen LogP contribution in [0.4, 0.5) is 16.7 Å². The third-order valence-corrected chi connectivity index (χ3v) is 15.7. The van der Waals surface area contributed by atoms with Gasteiger partial charge >= 0.3 is 6.03 Å². The number of carbonyl (C=O) groups is 1. The summed E-state index contributed by atoms with van der Waals surface area (Å²) in [7, 11) is 0. The molecule has 12 nitrogen and oxygen atoms in total. The predicted octanol–water partition coefficient (Wildman–Crippen LogP) is 21.6. The highest BCUT2D eigenvalue weighted by Crippen LogP contribution is 2.41. The minimum atomic E-state index is -0.384. The lowest BCUT2D eigenvalue weighted by Crippen LogP contribution is -2.30. The maximum absolute atomic E-state index is 12.4.